The molecule has 14 atom stereocenters. The van der Waals surface area contributed by atoms with Gasteiger partial charge in [0.1, 0.15) is 0 Å². The van der Waals surface area contributed by atoms with Crippen LogP contribution in [0.25, 0.3) is 0 Å². The SMILES string of the molecule is C1CCC(C2CCC(N(C3CCC4C5CCCCC5C(C5CCCCC5)(C5CCCCC5)C4C3)C3CCCCC3[C@@H]3CCCC4C3S[C@H]3CCCCC43)C2)CC1. The van der Waals surface area contributed by atoms with E-state index in [4.69, 9.17) is 0 Å². The summed E-state index contributed by atoms with van der Waals surface area (Å²) >= 11 is 2.62. The summed E-state index contributed by atoms with van der Waals surface area (Å²) in [6.45, 7) is 0. The Morgan fingerprint density at radius 1 is 0.339 bits per heavy atom. The highest BCUT2D eigenvalue weighted by Gasteiger charge is 2.66. The zero-order chi connectivity index (χ0) is 37.1. The monoisotopic (exact) mass is 784 g/mol. The topological polar surface area (TPSA) is 3.24 Å². The first-order valence-electron chi connectivity index (χ1n) is 27.2. The van der Waals surface area contributed by atoms with Crippen molar-refractivity contribution in [2.75, 3.05) is 0 Å². The Kier molecular flexibility index (Phi) is 12.1. The van der Waals surface area contributed by atoms with Crippen molar-refractivity contribution in [1.29, 1.82) is 0 Å². The van der Waals surface area contributed by atoms with Crippen LogP contribution >= 0.6 is 11.8 Å². The molecule has 10 aliphatic carbocycles. The number of nitrogens with zero attached hydrogens (tertiary/aromatic N) is 1. The molecule has 0 radical (unpaired) electrons. The van der Waals surface area contributed by atoms with Gasteiger partial charge in [-0.1, -0.05) is 116 Å². The molecule has 1 aliphatic heterocycles. The van der Waals surface area contributed by atoms with Crippen LogP contribution in [-0.4, -0.2) is 33.5 Å². The van der Waals surface area contributed by atoms with Gasteiger partial charge in [0, 0.05) is 28.6 Å². The molecule has 10 saturated carbocycles. The molecule has 1 heterocycles. The van der Waals surface area contributed by atoms with Gasteiger partial charge in [0.2, 0.25) is 0 Å². The first kappa shape index (κ1) is 39.2. The molecule has 0 aromatic heterocycles. The van der Waals surface area contributed by atoms with Gasteiger partial charge in [0.15, 0.2) is 0 Å². The van der Waals surface area contributed by atoms with Crippen LogP contribution in [-0.2, 0) is 0 Å². The molecule has 56 heavy (non-hydrogen) atoms. The number of thioether (sulfide) groups is 1. The largest absolute Gasteiger partial charge is 0.294 e. The standard InChI is InChI=1S/C54H89NS/c1-4-17-37(18-5-1)38-31-32-41(35-38)55(51-29-14-11-24-45(51)47-26-16-27-48-46-25-12-15-30-52(46)56-53(47)48)42-33-34-44-43-23-10-13-28-49(43)54(50(44)36-42,39-19-6-2-7-20-39)40-21-8-3-9-22-40/h37-53H,1-36H2/t38?,41?,42?,43?,44?,45?,46?,47-,48?,49?,50?,51?,52-,53?/m0/s1. The van der Waals surface area contributed by atoms with Crippen LogP contribution in [0.5, 0.6) is 0 Å². The zero-order valence-electron chi connectivity index (χ0n) is 36.6. The molecule has 11 aliphatic rings. The molecule has 11 fully saturated rings. The van der Waals surface area contributed by atoms with Crippen LogP contribution in [0.1, 0.15) is 231 Å². The van der Waals surface area contributed by atoms with Gasteiger partial charge in [-0.25, -0.2) is 0 Å². The first-order chi connectivity index (χ1) is 27.8. The van der Waals surface area contributed by atoms with Crippen molar-refractivity contribution in [3.8, 4) is 0 Å². The summed E-state index contributed by atoms with van der Waals surface area (Å²) in [5, 5.41) is 2.07. The lowest BCUT2D eigenvalue weighted by Gasteiger charge is -2.58. The maximum absolute atomic E-state index is 3.60. The average molecular weight is 784 g/mol. The van der Waals surface area contributed by atoms with E-state index in [1.165, 1.54) is 12.8 Å². The van der Waals surface area contributed by atoms with E-state index in [0.29, 0.717) is 0 Å². The Morgan fingerprint density at radius 2 is 0.875 bits per heavy atom. The summed E-state index contributed by atoms with van der Waals surface area (Å²) in [6.07, 6.45) is 57.0. The van der Waals surface area contributed by atoms with Crippen molar-refractivity contribution in [2.45, 2.75) is 260 Å². The summed E-state index contributed by atoms with van der Waals surface area (Å²) in [6, 6.07) is 2.77. The van der Waals surface area contributed by atoms with E-state index in [-0.39, 0.29) is 0 Å². The smallest absolute Gasteiger partial charge is 0.0132 e. The van der Waals surface area contributed by atoms with Gasteiger partial charge in [-0.15, -0.1) is 0 Å². The molecule has 11 rings (SSSR count). The highest BCUT2D eigenvalue weighted by molar-refractivity contribution is 8.00. The first-order valence-corrected chi connectivity index (χ1v) is 28.2. The van der Waals surface area contributed by atoms with E-state index in [9.17, 15) is 0 Å². The van der Waals surface area contributed by atoms with E-state index >= 15 is 0 Å². The fourth-order valence-corrected chi connectivity index (χ4v) is 22.7. The lowest BCUT2D eigenvalue weighted by atomic mass is 9.48. The van der Waals surface area contributed by atoms with E-state index in [1.54, 1.807) is 218 Å². The van der Waals surface area contributed by atoms with Gasteiger partial charge in [0.05, 0.1) is 0 Å². The van der Waals surface area contributed by atoms with Crippen LogP contribution in [0, 0.1) is 76.4 Å². The summed E-state index contributed by atoms with van der Waals surface area (Å²) in [7, 11) is 0. The molecular formula is C54H89NS. The van der Waals surface area contributed by atoms with Crippen molar-refractivity contribution in [3.63, 3.8) is 0 Å². The average Bonchev–Trinajstić information content (AvgIpc) is 3.99. The fourth-order valence-electron chi connectivity index (χ4n) is 20.3. The predicted octanol–water partition coefficient (Wildman–Crippen LogP) is 15.4. The third-order valence-electron chi connectivity index (χ3n) is 22.0. The Hall–Kier alpha value is 0.310. The van der Waals surface area contributed by atoms with Gasteiger partial charge < -0.3 is 0 Å². The summed E-state index contributed by atoms with van der Waals surface area (Å²) in [5.41, 5.74) is 0.723. The maximum Gasteiger partial charge on any atom is 0.0132 e. The normalized spacial score (nSPS) is 47.9. The highest BCUT2D eigenvalue weighted by atomic mass is 32.2. The second-order valence-corrected chi connectivity index (χ2v) is 25.3. The summed E-state index contributed by atoms with van der Waals surface area (Å²) < 4.78 is 0. The molecule has 12 unspecified atom stereocenters. The van der Waals surface area contributed by atoms with E-state index in [1.807, 2.05) is 0 Å². The molecule has 2 heteroatoms. The van der Waals surface area contributed by atoms with Crippen LogP contribution in [0.4, 0.5) is 0 Å². The van der Waals surface area contributed by atoms with Gasteiger partial charge >= 0.3 is 0 Å². The minimum Gasteiger partial charge on any atom is -0.294 e. The molecule has 0 spiro atoms. The van der Waals surface area contributed by atoms with Gasteiger partial charge in [-0.3, -0.25) is 4.90 Å². The molecular weight excluding hydrogens is 695 g/mol. The molecule has 0 aromatic rings. The summed E-state index contributed by atoms with van der Waals surface area (Å²) in [5.74, 6) is 12.9. The van der Waals surface area contributed by atoms with Gasteiger partial charge in [-0.2, -0.15) is 11.8 Å². The maximum atomic E-state index is 3.60. The van der Waals surface area contributed by atoms with Crippen molar-refractivity contribution in [3.05, 3.63) is 0 Å². The second-order valence-electron chi connectivity index (χ2n) is 23.9. The van der Waals surface area contributed by atoms with Crippen LogP contribution in [0.3, 0.4) is 0 Å². The third kappa shape index (κ3) is 6.92. The Balaban J connectivity index is 0.946. The third-order valence-corrected chi connectivity index (χ3v) is 24.0. The Morgan fingerprint density at radius 3 is 1.62 bits per heavy atom. The van der Waals surface area contributed by atoms with Gasteiger partial charge in [0.25, 0.3) is 0 Å². The zero-order valence-corrected chi connectivity index (χ0v) is 37.4. The lowest BCUT2D eigenvalue weighted by molar-refractivity contribution is -0.0933. The molecule has 0 N–H and O–H groups in total. The molecule has 0 bridgehead atoms. The molecule has 0 aromatic carbocycles. The van der Waals surface area contributed by atoms with Crippen molar-refractivity contribution >= 4 is 11.8 Å². The predicted molar refractivity (Wildman–Crippen MR) is 239 cm³/mol. The fraction of sp³-hybridized carbons (Fsp3) is 1.00. The van der Waals surface area contributed by atoms with Crippen molar-refractivity contribution < 1.29 is 0 Å². The number of hydrogen-bond acceptors (Lipinski definition) is 2. The molecule has 0 amide bonds. The summed E-state index contributed by atoms with van der Waals surface area (Å²) in [4.78, 5) is 3.60. The molecule has 316 valence electrons. The van der Waals surface area contributed by atoms with E-state index in [0.717, 1.165) is 105 Å². The van der Waals surface area contributed by atoms with E-state index in [2.05, 4.69) is 16.7 Å². The van der Waals surface area contributed by atoms with Crippen molar-refractivity contribution in [2.24, 2.45) is 76.4 Å². The van der Waals surface area contributed by atoms with Crippen LogP contribution in [0.2, 0.25) is 0 Å². The quantitative estimate of drug-likeness (QED) is 0.253. The molecule has 1 nitrogen and oxygen atoms in total. The minimum atomic E-state index is 0.723. The minimum absolute atomic E-state index is 0.723. The molecule has 1 saturated heterocycles. The second kappa shape index (κ2) is 17.2. The highest BCUT2D eigenvalue weighted by Crippen LogP contribution is 2.72. The van der Waals surface area contributed by atoms with Crippen LogP contribution < -0.4 is 0 Å². The lowest BCUT2D eigenvalue weighted by Crippen LogP contribution is -2.58. The van der Waals surface area contributed by atoms with Crippen molar-refractivity contribution in [1.82, 2.24) is 4.90 Å². The Bertz CT molecular complexity index is 1260. The Labute approximate surface area is 351 Å². The number of hydrogen-bond donors (Lipinski definition) is 0. The van der Waals surface area contributed by atoms with E-state index < -0.39 is 0 Å². The number of fused-ring (bicyclic) bond motifs is 6. The van der Waals surface area contributed by atoms with Crippen LogP contribution in [0.15, 0.2) is 0 Å². The van der Waals surface area contributed by atoms with Gasteiger partial charge in [-0.05, 0) is 192 Å². The number of rotatable bonds is 7.